The molecule has 2 aromatic carbocycles. The van der Waals surface area contributed by atoms with Crippen molar-refractivity contribution in [3.8, 4) is 0 Å². The van der Waals surface area contributed by atoms with Crippen LogP contribution in [0.1, 0.15) is 30.5 Å². The second-order valence-electron chi connectivity index (χ2n) is 6.77. The molecule has 7 heteroatoms. The van der Waals surface area contributed by atoms with Crippen LogP contribution in [0.4, 0.5) is 11.4 Å². The normalized spacial score (nSPS) is 11.5. The van der Waals surface area contributed by atoms with Crippen molar-refractivity contribution in [2.75, 3.05) is 30.3 Å². The molecule has 28 heavy (non-hydrogen) atoms. The number of nitrogens with zero attached hydrogens (tertiary/aromatic N) is 1. The lowest BCUT2D eigenvalue weighted by Crippen LogP contribution is -2.30. The molecule has 0 aliphatic rings. The molecule has 0 aliphatic heterocycles. The molecule has 0 aliphatic carbocycles. The van der Waals surface area contributed by atoms with E-state index in [-0.39, 0.29) is 17.3 Å². The number of aryl methyl sites for hydroxylation is 3. The Bertz CT molecular complexity index is 951. The molecule has 0 fully saturated rings. The van der Waals surface area contributed by atoms with Crippen molar-refractivity contribution in [1.82, 2.24) is 4.31 Å². The van der Waals surface area contributed by atoms with Crippen LogP contribution < -0.4 is 10.6 Å². The van der Waals surface area contributed by atoms with Crippen molar-refractivity contribution in [2.24, 2.45) is 0 Å². The third-order valence-electron chi connectivity index (χ3n) is 4.79. The van der Waals surface area contributed by atoms with E-state index in [9.17, 15) is 13.2 Å². The zero-order valence-corrected chi connectivity index (χ0v) is 18.0. The van der Waals surface area contributed by atoms with Crippen LogP contribution in [-0.4, -0.2) is 38.3 Å². The predicted molar refractivity (Wildman–Crippen MR) is 114 cm³/mol. The van der Waals surface area contributed by atoms with Crippen LogP contribution in [0, 0.1) is 20.8 Å². The summed E-state index contributed by atoms with van der Waals surface area (Å²) in [6.45, 7) is 10.4. The Balaban J connectivity index is 2.12. The molecule has 0 bridgehead atoms. The summed E-state index contributed by atoms with van der Waals surface area (Å²) in [5, 5.41) is 5.90. The molecular formula is C21H29N3O3S. The summed E-state index contributed by atoms with van der Waals surface area (Å²) in [4.78, 5) is 12.5. The van der Waals surface area contributed by atoms with E-state index in [4.69, 9.17) is 0 Å². The third-order valence-corrected chi connectivity index (χ3v) is 6.83. The summed E-state index contributed by atoms with van der Waals surface area (Å²) in [6.07, 6.45) is 0. The van der Waals surface area contributed by atoms with Gasteiger partial charge in [-0.1, -0.05) is 26.0 Å². The molecule has 2 N–H and O–H groups in total. The first-order valence-electron chi connectivity index (χ1n) is 9.40. The Labute approximate surface area is 168 Å². The van der Waals surface area contributed by atoms with Gasteiger partial charge in [-0.25, -0.2) is 8.42 Å². The Morgan fingerprint density at radius 3 is 2.18 bits per heavy atom. The SMILES string of the molecule is CCN(CC)S(=O)(=O)c1ccc(C)c(NC(=O)CNc2ccc(C)c(C)c2)c1. The van der Waals surface area contributed by atoms with Crippen molar-refractivity contribution < 1.29 is 13.2 Å². The average Bonchev–Trinajstić information content (AvgIpc) is 2.65. The minimum absolute atomic E-state index is 0.0922. The van der Waals surface area contributed by atoms with E-state index in [1.807, 2.05) is 39.0 Å². The van der Waals surface area contributed by atoms with E-state index in [2.05, 4.69) is 10.6 Å². The number of nitrogens with one attached hydrogen (secondary N) is 2. The van der Waals surface area contributed by atoms with Gasteiger partial charge in [0.25, 0.3) is 0 Å². The molecule has 0 spiro atoms. The minimum Gasteiger partial charge on any atom is -0.376 e. The van der Waals surface area contributed by atoms with Gasteiger partial charge in [0.1, 0.15) is 0 Å². The zero-order valence-electron chi connectivity index (χ0n) is 17.2. The monoisotopic (exact) mass is 403 g/mol. The second-order valence-corrected chi connectivity index (χ2v) is 8.70. The fraction of sp³-hybridized carbons (Fsp3) is 0.381. The van der Waals surface area contributed by atoms with Gasteiger partial charge in [-0.3, -0.25) is 4.79 Å². The van der Waals surface area contributed by atoms with Crippen LogP contribution in [0.2, 0.25) is 0 Å². The van der Waals surface area contributed by atoms with Gasteiger partial charge in [-0.2, -0.15) is 4.31 Å². The van der Waals surface area contributed by atoms with Crippen LogP contribution >= 0.6 is 0 Å². The van der Waals surface area contributed by atoms with Gasteiger partial charge in [0.05, 0.1) is 11.4 Å². The Hall–Kier alpha value is -2.38. The molecule has 0 aromatic heterocycles. The first kappa shape index (κ1) is 21.9. The number of carbonyl (C=O) groups is 1. The summed E-state index contributed by atoms with van der Waals surface area (Å²) in [7, 11) is -3.57. The molecule has 0 heterocycles. The summed E-state index contributed by atoms with van der Waals surface area (Å²) >= 11 is 0. The molecule has 2 rings (SSSR count). The Kier molecular flexibility index (Phi) is 7.21. The zero-order chi connectivity index (χ0) is 20.9. The molecule has 6 nitrogen and oxygen atoms in total. The molecule has 0 saturated heterocycles. The van der Waals surface area contributed by atoms with E-state index < -0.39 is 10.0 Å². The highest BCUT2D eigenvalue weighted by Gasteiger charge is 2.22. The molecule has 0 unspecified atom stereocenters. The van der Waals surface area contributed by atoms with Gasteiger partial charge in [0.15, 0.2) is 0 Å². The van der Waals surface area contributed by atoms with Gasteiger partial charge < -0.3 is 10.6 Å². The van der Waals surface area contributed by atoms with Crippen molar-refractivity contribution >= 4 is 27.3 Å². The van der Waals surface area contributed by atoms with Crippen LogP contribution in [0.3, 0.4) is 0 Å². The van der Waals surface area contributed by atoms with Crippen molar-refractivity contribution in [1.29, 1.82) is 0 Å². The van der Waals surface area contributed by atoms with Gasteiger partial charge in [0, 0.05) is 24.5 Å². The summed E-state index contributed by atoms with van der Waals surface area (Å²) in [6, 6.07) is 10.7. The summed E-state index contributed by atoms with van der Waals surface area (Å²) in [5.74, 6) is -0.237. The van der Waals surface area contributed by atoms with Crippen LogP contribution in [0.15, 0.2) is 41.3 Å². The maximum Gasteiger partial charge on any atom is 0.243 e. The van der Waals surface area contributed by atoms with Gasteiger partial charge in [-0.05, 0) is 61.7 Å². The smallest absolute Gasteiger partial charge is 0.243 e. The van der Waals surface area contributed by atoms with E-state index >= 15 is 0 Å². The fourth-order valence-corrected chi connectivity index (χ4v) is 4.32. The quantitative estimate of drug-likeness (QED) is 0.705. The van der Waals surface area contributed by atoms with Crippen molar-refractivity contribution in [2.45, 2.75) is 39.5 Å². The lowest BCUT2D eigenvalue weighted by molar-refractivity contribution is -0.114. The number of hydrogen-bond acceptors (Lipinski definition) is 4. The number of carbonyl (C=O) groups excluding carboxylic acids is 1. The molecule has 0 radical (unpaired) electrons. The third kappa shape index (κ3) is 5.11. The van der Waals surface area contributed by atoms with Crippen molar-refractivity contribution in [3.05, 3.63) is 53.1 Å². The highest BCUT2D eigenvalue weighted by molar-refractivity contribution is 7.89. The fourth-order valence-electron chi connectivity index (χ4n) is 2.84. The topological polar surface area (TPSA) is 78.5 Å². The highest BCUT2D eigenvalue weighted by atomic mass is 32.2. The number of amides is 1. The van der Waals surface area contributed by atoms with E-state index in [1.54, 1.807) is 26.0 Å². The van der Waals surface area contributed by atoms with Gasteiger partial charge >= 0.3 is 0 Å². The van der Waals surface area contributed by atoms with Crippen LogP contribution in [0.5, 0.6) is 0 Å². The molecule has 2 aromatic rings. The van der Waals surface area contributed by atoms with Crippen LogP contribution in [0.25, 0.3) is 0 Å². The van der Waals surface area contributed by atoms with Gasteiger partial charge in [-0.15, -0.1) is 0 Å². The first-order valence-corrected chi connectivity index (χ1v) is 10.8. The summed E-state index contributed by atoms with van der Waals surface area (Å²) in [5.41, 5.74) is 4.51. The van der Waals surface area contributed by atoms with Crippen molar-refractivity contribution in [3.63, 3.8) is 0 Å². The Morgan fingerprint density at radius 2 is 1.57 bits per heavy atom. The first-order chi connectivity index (χ1) is 13.2. The number of rotatable bonds is 8. The summed E-state index contributed by atoms with van der Waals surface area (Å²) < 4.78 is 26.8. The average molecular weight is 404 g/mol. The molecule has 0 atom stereocenters. The highest BCUT2D eigenvalue weighted by Crippen LogP contribution is 2.23. The number of sulfonamides is 1. The molecular weight excluding hydrogens is 374 g/mol. The van der Waals surface area contributed by atoms with Gasteiger partial charge in [0.2, 0.25) is 15.9 Å². The van der Waals surface area contributed by atoms with E-state index in [0.717, 1.165) is 16.8 Å². The lowest BCUT2D eigenvalue weighted by Gasteiger charge is -2.19. The second kappa shape index (κ2) is 9.21. The predicted octanol–water partition coefficient (Wildman–Crippen LogP) is 3.69. The number of benzene rings is 2. The number of anilines is 2. The van der Waals surface area contributed by atoms with E-state index in [1.165, 1.54) is 15.9 Å². The molecule has 0 saturated carbocycles. The maximum atomic E-state index is 12.7. The number of hydrogen-bond donors (Lipinski definition) is 2. The van der Waals surface area contributed by atoms with Crippen LogP contribution in [-0.2, 0) is 14.8 Å². The lowest BCUT2D eigenvalue weighted by atomic mass is 10.1. The minimum atomic E-state index is -3.57. The van der Waals surface area contributed by atoms with E-state index in [0.29, 0.717) is 18.8 Å². The molecule has 1 amide bonds. The maximum absolute atomic E-state index is 12.7. The molecule has 152 valence electrons. The largest absolute Gasteiger partial charge is 0.376 e. The Morgan fingerprint density at radius 1 is 0.929 bits per heavy atom. The standard InChI is InChI=1S/C21H29N3O3S/c1-6-24(7-2)28(26,27)19-11-9-16(4)20(13-19)23-21(25)14-22-18-10-8-15(3)17(5)12-18/h8-13,22H,6-7,14H2,1-5H3,(H,23,25).